The fourth-order valence-corrected chi connectivity index (χ4v) is 6.33. The van der Waals surface area contributed by atoms with Gasteiger partial charge in [0.05, 0.1) is 29.6 Å². The Labute approximate surface area is 217 Å². The van der Waals surface area contributed by atoms with Crippen LogP contribution in [0.4, 0.5) is 5.69 Å². The number of nitrogens with one attached hydrogen (secondary N) is 1. The molecule has 8 nitrogen and oxygen atoms in total. The van der Waals surface area contributed by atoms with Gasteiger partial charge in [-0.1, -0.05) is 31.4 Å². The average Bonchev–Trinajstić information content (AvgIpc) is 3.40. The first kappa shape index (κ1) is 23.9. The minimum atomic E-state index is -3.91. The Balaban J connectivity index is 1.53. The highest BCUT2D eigenvalue weighted by Gasteiger charge is 2.30. The lowest BCUT2D eigenvalue weighted by Gasteiger charge is -2.23. The third-order valence-corrected chi connectivity index (χ3v) is 9.11. The van der Waals surface area contributed by atoms with E-state index in [1.54, 1.807) is 12.1 Å². The van der Waals surface area contributed by atoms with Gasteiger partial charge in [0.1, 0.15) is 5.82 Å². The Morgan fingerprint density at radius 3 is 2.62 bits per heavy atom. The van der Waals surface area contributed by atoms with Gasteiger partial charge in [-0.25, -0.2) is 9.71 Å². The van der Waals surface area contributed by atoms with Crippen molar-refractivity contribution < 1.29 is 13.2 Å². The molecule has 1 aliphatic carbocycles. The summed E-state index contributed by atoms with van der Waals surface area (Å²) in [6.07, 6.45) is 8.32. The first-order valence-corrected chi connectivity index (χ1v) is 14.2. The summed E-state index contributed by atoms with van der Waals surface area (Å²) in [5.74, 6) is 0.742. The maximum Gasteiger partial charge on any atom is 0.303 e. The van der Waals surface area contributed by atoms with E-state index in [1.165, 1.54) is 57.1 Å². The molecule has 3 heterocycles. The quantitative estimate of drug-likeness (QED) is 0.531. The zero-order valence-electron chi connectivity index (χ0n) is 21.4. The predicted octanol–water partition coefficient (Wildman–Crippen LogP) is 4.94. The van der Waals surface area contributed by atoms with E-state index >= 15 is 0 Å². The highest BCUT2D eigenvalue weighted by molar-refractivity contribution is 7.87. The maximum atomic E-state index is 13.0. The zero-order valence-corrected chi connectivity index (χ0v) is 22.2. The second kappa shape index (κ2) is 8.85. The van der Waals surface area contributed by atoms with Crippen molar-refractivity contribution in [3.8, 4) is 11.3 Å². The van der Waals surface area contributed by atoms with Crippen LogP contribution in [0.3, 0.4) is 0 Å². The molecule has 9 heteroatoms. The molecule has 0 bridgehead atoms. The molecule has 1 saturated carbocycles. The Kier molecular flexibility index (Phi) is 5.72. The average molecular weight is 518 g/mol. The van der Waals surface area contributed by atoms with Gasteiger partial charge in [-0.3, -0.25) is 4.79 Å². The van der Waals surface area contributed by atoms with Crippen LogP contribution in [0.5, 0.6) is 0 Å². The Morgan fingerprint density at radius 1 is 1.08 bits per heavy atom. The SMILES string of the molecule is CC1=NC2=Cn3c(cc4c(C5CCCCC5)cccc43)-c3cc(C(=O)NS(=O)(=O)N(C)C)ccc3N2C1. The molecular weight excluding hydrogens is 486 g/mol. The van der Waals surface area contributed by atoms with Crippen molar-refractivity contribution in [3.05, 3.63) is 59.4 Å². The number of hydrogen-bond acceptors (Lipinski definition) is 5. The highest BCUT2D eigenvalue weighted by atomic mass is 32.2. The number of aromatic nitrogens is 1. The third kappa shape index (κ3) is 4.06. The van der Waals surface area contributed by atoms with Crippen molar-refractivity contribution in [1.82, 2.24) is 13.6 Å². The molecule has 2 aromatic carbocycles. The molecule has 1 amide bonds. The van der Waals surface area contributed by atoms with Crippen LogP contribution < -0.4 is 9.62 Å². The molecule has 0 saturated heterocycles. The van der Waals surface area contributed by atoms with E-state index in [9.17, 15) is 13.2 Å². The molecule has 0 spiro atoms. The molecule has 0 radical (unpaired) electrons. The molecule has 1 N–H and O–H groups in total. The summed E-state index contributed by atoms with van der Waals surface area (Å²) in [5, 5.41) is 1.23. The van der Waals surface area contributed by atoms with Gasteiger partial charge in [0.15, 0.2) is 0 Å². The maximum absolute atomic E-state index is 13.0. The van der Waals surface area contributed by atoms with E-state index in [-0.39, 0.29) is 5.56 Å². The monoisotopic (exact) mass is 517 g/mol. The van der Waals surface area contributed by atoms with Crippen molar-refractivity contribution in [3.63, 3.8) is 0 Å². The van der Waals surface area contributed by atoms with Gasteiger partial charge in [0.25, 0.3) is 5.91 Å². The van der Waals surface area contributed by atoms with Crippen LogP contribution in [-0.4, -0.2) is 49.5 Å². The van der Waals surface area contributed by atoms with E-state index in [0.717, 1.165) is 38.3 Å². The molecule has 6 rings (SSSR count). The van der Waals surface area contributed by atoms with Crippen LogP contribution in [0.15, 0.2) is 53.3 Å². The third-order valence-electron chi connectivity index (χ3n) is 7.70. The summed E-state index contributed by atoms with van der Waals surface area (Å²) in [5.41, 5.74) is 6.58. The van der Waals surface area contributed by atoms with Gasteiger partial charge in [-0.2, -0.15) is 12.7 Å². The molecule has 3 aromatic rings. The summed E-state index contributed by atoms with van der Waals surface area (Å²) in [6, 6.07) is 14.1. The summed E-state index contributed by atoms with van der Waals surface area (Å²) in [4.78, 5) is 19.9. The number of nitrogens with zero attached hydrogens (tertiary/aromatic N) is 4. The van der Waals surface area contributed by atoms with Gasteiger partial charge in [-0.05, 0) is 61.6 Å². The molecule has 1 fully saturated rings. The van der Waals surface area contributed by atoms with Crippen molar-refractivity contribution in [2.45, 2.75) is 44.9 Å². The first-order valence-electron chi connectivity index (χ1n) is 12.8. The largest absolute Gasteiger partial charge is 0.319 e. The molecule has 0 unspecified atom stereocenters. The second-order valence-corrected chi connectivity index (χ2v) is 12.3. The smallest absolute Gasteiger partial charge is 0.303 e. The van der Waals surface area contributed by atoms with Crippen molar-refractivity contribution in [2.75, 3.05) is 25.5 Å². The number of carbonyl (C=O) groups excluding carboxylic acids is 1. The fraction of sp³-hybridized carbons (Fsp3) is 0.357. The number of anilines is 1. The lowest BCUT2D eigenvalue weighted by molar-refractivity contribution is 0.0979. The van der Waals surface area contributed by atoms with E-state index in [2.05, 4.69) is 44.7 Å². The van der Waals surface area contributed by atoms with E-state index < -0.39 is 16.1 Å². The Hall–Kier alpha value is -3.43. The van der Waals surface area contributed by atoms with Gasteiger partial charge in [-0.15, -0.1) is 0 Å². The predicted molar refractivity (Wildman–Crippen MR) is 148 cm³/mol. The van der Waals surface area contributed by atoms with Crippen molar-refractivity contribution in [2.24, 2.45) is 4.99 Å². The van der Waals surface area contributed by atoms with Crippen LogP contribution in [-0.2, 0) is 10.2 Å². The number of carbonyl (C=O) groups is 1. The molecule has 37 heavy (non-hydrogen) atoms. The molecule has 0 atom stereocenters. The van der Waals surface area contributed by atoms with Crippen molar-refractivity contribution >= 4 is 44.6 Å². The Morgan fingerprint density at radius 2 is 1.86 bits per heavy atom. The highest BCUT2D eigenvalue weighted by Crippen LogP contribution is 2.44. The van der Waals surface area contributed by atoms with Crippen LogP contribution in [0.2, 0.25) is 0 Å². The lowest BCUT2D eigenvalue weighted by Crippen LogP contribution is -2.39. The minimum Gasteiger partial charge on any atom is -0.319 e. The van der Waals surface area contributed by atoms with Gasteiger partial charge >= 0.3 is 10.2 Å². The lowest BCUT2D eigenvalue weighted by atomic mass is 9.83. The minimum absolute atomic E-state index is 0.286. The molecule has 2 aliphatic heterocycles. The van der Waals surface area contributed by atoms with Crippen LogP contribution in [0, 0.1) is 0 Å². The first-order chi connectivity index (χ1) is 17.7. The Bertz CT molecular complexity index is 1590. The fourth-order valence-electron chi connectivity index (χ4n) is 5.80. The van der Waals surface area contributed by atoms with E-state index in [1.807, 2.05) is 13.0 Å². The summed E-state index contributed by atoms with van der Waals surface area (Å²) >= 11 is 0. The number of rotatable bonds is 4. The summed E-state index contributed by atoms with van der Waals surface area (Å²) < 4.78 is 29.9. The van der Waals surface area contributed by atoms with Gasteiger partial charge < -0.3 is 9.47 Å². The van der Waals surface area contributed by atoms with Crippen LogP contribution in [0.1, 0.15) is 60.9 Å². The molecule has 1 aromatic heterocycles. The summed E-state index contributed by atoms with van der Waals surface area (Å²) in [7, 11) is -1.13. The number of benzene rings is 2. The normalized spacial score (nSPS) is 17.7. The van der Waals surface area contributed by atoms with E-state index in [0.29, 0.717) is 12.5 Å². The van der Waals surface area contributed by atoms with Gasteiger partial charge in [0, 0.05) is 36.3 Å². The molecule has 3 aliphatic rings. The summed E-state index contributed by atoms with van der Waals surface area (Å²) in [6.45, 7) is 2.67. The van der Waals surface area contributed by atoms with Gasteiger partial charge in [0.2, 0.25) is 0 Å². The van der Waals surface area contributed by atoms with E-state index in [4.69, 9.17) is 4.99 Å². The number of fused-ring (bicyclic) bond motifs is 7. The number of aliphatic imine (C=N–C) groups is 1. The van der Waals surface area contributed by atoms with Crippen LogP contribution >= 0.6 is 0 Å². The number of amides is 1. The number of hydrogen-bond donors (Lipinski definition) is 1. The second-order valence-electron chi connectivity index (χ2n) is 10.4. The van der Waals surface area contributed by atoms with Crippen LogP contribution in [0.25, 0.3) is 28.4 Å². The molecule has 192 valence electrons. The topological polar surface area (TPSA) is 87.0 Å². The standard InChI is InChI=1S/C28H31N5O3S/c1-18-16-33-25-13-12-20(28(34)30-37(35,36)31(2)3)14-23(25)26-15-22-21(19-8-5-4-6-9-19)10-7-11-24(22)32(26)17-27(33)29-18/h7,10-15,17,19H,4-6,8-9,16H2,1-3H3,(H,30,34). The van der Waals surface area contributed by atoms with Crippen molar-refractivity contribution in [1.29, 1.82) is 0 Å². The molecular formula is C28H31N5O3S. The zero-order chi connectivity index (χ0) is 25.9.